The normalized spacial score (nSPS) is 10.4. The molecule has 0 aliphatic rings. The van der Waals surface area contributed by atoms with Gasteiger partial charge in [0.15, 0.2) is 0 Å². The number of amides is 1. The molecule has 0 saturated heterocycles. The molecule has 0 atom stereocenters. The molecule has 0 unspecified atom stereocenters. The summed E-state index contributed by atoms with van der Waals surface area (Å²) in [6.07, 6.45) is 1.65. The molecule has 3 nitrogen and oxygen atoms in total. The lowest BCUT2D eigenvalue weighted by atomic mass is 10.1. The topological polar surface area (TPSA) is 49.3 Å². The zero-order valence-electron chi connectivity index (χ0n) is 11.3. The average molecular weight is 324 g/mol. The Kier molecular flexibility index (Phi) is 5.48. The minimum absolute atomic E-state index is 0.167. The Hall–Kier alpha value is -1.71. The second-order valence-corrected chi connectivity index (χ2v) is 5.47. The molecule has 2 N–H and O–H groups in total. The van der Waals surface area contributed by atoms with E-state index >= 15 is 0 Å². The second kappa shape index (κ2) is 7.34. The highest BCUT2D eigenvalue weighted by atomic mass is 35.5. The van der Waals surface area contributed by atoms with Crippen molar-refractivity contribution in [3.63, 3.8) is 0 Å². The largest absolute Gasteiger partial charge is 0.508 e. The minimum atomic E-state index is -0.167. The predicted octanol–water partition coefficient (Wildman–Crippen LogP) is 4.06. The molecule has 0 aliphatic heterocycles. The summed E-state index contributed by atoms with van der Waals surface area (Å²) in [6, 6.07) is 11.9. The fourth-order valence-corrected chi connectivity index (χ4v) is 2.19. The van der Waals surface area contributed by atoms with E-state index in [0.717, 1.165) is 18.4 Å². The molecule has 0 bridgehead atoms. The summed E-state index contributed by atoms with van der Waals surface area (Å²) in [4.78, 5) is 11.9. The smallest absolute Gasteiger partial charge is 0.251 e. The molecule has 0 aliphatic carbocycles. The molecule has 2 aromatic carbocycles. The molecular formula is C16H15Cl2NO2. The van der Waals surface area contributed by atoms with Crippen molar-refractivity contribution in [2.75, 3.05) is 6.54 Å². The number of benzene rings is 2. The number of carbonyl (C=O) groups excluding carboxylic acids is 1. The lowest BCUT2D eigenvalue weighted by Gasteiger charge is -2.06. The van der Waals surface area contributed by atoms with Crippen LogP contribution in [0.15, 0.2) is 42.5 Å². The molecule has 0 spiro atoms. The molecule has 0 heterocycles. The third-order valence-electron chi connectivity index (χ3n) is 3.05. The van der Waals surface area contributed by atoms with Crippen molar-refractivity contribution in [1.82, 2.24) is 5.32 Å². The van der Waals surface area contributed by atoms with Gasteiger partial charge in [0.25, 0.3) is 5.91 Å². The summed E-state index contributed by atoms with van der Waals surface area (Å²) >= 11 is 11.7. The summed E-state index contributed by atoms with van der Waals surface area (Å²) < 4.78 is 0. The van der Waals surface area contributed by atoms with E-state index in [1.807, 2.05) is 12.1 Å². The van der Waals surface area contributed by atoms with E-state index < -0.39 is 0 Å². The van der Waals surface area contributed by atoms with Crippen molar-refractivity contribution in [1.29, 1.82) is 0 Å². The van der Waals surface area contributed by atoms with Crippen LogP contribution in [0.4, 0.5) is 0 Å². The van der Waals surface area contributed by atoms with Crippen LogP contribution in [0.2, 0.25) is 10.0 Å². The second-order valence-electron chi connectivity index (χ2n) is 4.65. The quantitative estimate of drug-likeness (QED) is 0.815. The van der Waals surface area contributed by atoms with Gasteiger partial charge in [-0.25, -0.2) is 0 Å². The van der Waals surface area contributed by atoms with Gasteiger partial charge in [-0.15, -0.1) is 0 Å². The molecule has 21 heavy (non-hydrogen) atoms. The highest BCUT2D eigenvalue weighted by Crippen LogP contribution is 2.22. The van der Waals surface area contributed by atoms with Gasteiger partial charge in [-0.1, -0.05) is 35.3 Å². The van der Waals surface area contributed by atoms with Gasteiger partial charge in [0.2, 0.25) is 0 Å². The van der Waals surface area contributed by atoms with E-state index in [0.29, 0.717) is 22.2 Å². The average Bonchev–Trinajstić information content (AvgIpc) is 2.48. The molecule has 5 heteroatoms. The van der Waals surface area contributed by atoms with Crippen LogP contribution in [0.3, 0.4) is 0 Å². The molecular weight excluding hydrogens is 309 g/mol. The lowest BCUT2D eigenvalue weighted by Crippen LogP contribution is -2.24. The first kappa shape index (κ1) is 15.7. The van der Waals surface area contributed by atoms with Crippen molar-refractivity contribution in [3.05, 3.63) is 63.6 Å². The zero-order chi connectivity index (χ0) is 15.2. The monoisotopic (exact) mass is 323 g/mol. The Bertz CT molecular complexity index is 627. The Labute approximate surface area is 133 Å². The van der Waals surface area contributed by atoms with Crippen LogP contribution >= 0.6 is 23.2 Å². The number of phenolic OH excluding ortho intramolecular Hbond substituents is 1. The number of halogens is 2. The molecule has 0 aromatic heterocycles. The predicted molar refractivity (Wildman–Crippen MR) is 85.2 cm³/mol. The van der Waals surface area contributed by atoms with Gasteiger partial charge in [0.05, 0.1) is 10.0 Å². The zero-order valence-corrected chi connectivity index (χ0v) is 12.8. The molecule has 2 aromatic rings. The number of nitrogens with one attached hydrogen (secondary N) is 1. The van der Waals surface area contributed by atoms with Gasteiger partial charge < -0.3 is 10.4 Å². The van der Waals surface area contributed by atoms with Crippen molar-refractivity contribution >= 4 is 29.1 Å². The molecule has 110 valence electrons. The maximum absolute atomic E-state index is 11.9. The number of phenols is 1. The van der Waals surface area contributed by atoms with Gasteiger partial charge in [-0.05, 0) is 48.7 Å². The van der Waals surface area contributed by atoms with E-state index in [4.69, 9.17) is 23.2 Å². The molecule has 1 amide bonds. The lowest BCUT2D eigenvalue weighted by molar-refractivity contribution is 0.0953. The van der Waals surface area contributed by atoms with Gasteiger partial charge in [-0.3, -0.25) is 4.79 Å². The maximum atomic E-state index is 11.9. The SMILES string of the molecule is O=C(NCCCc1ccc(O)cc1)c1ccc(Cl)c(Cl)c1. The Morgan fingerprint density at radius 2 is 1.76 bits per heavy atom. The summed E-state index contributed by atoms with van der Waals surface area (Å²) in [7, 11) is 0. The molecule has 2 rings (SSSR count). The van der Waals surface area contributed by atoms with Crippen LogP contribution in [0, 0.1) is 0 Å². The summed E-state index contributed by atoms with van der Waals surface area (Å²) in [5, 5.41) is 12.8. The Morgan fingerprint density at radius 3 is 2.43 bits per heavy atom. The Balaban J connectivity index is 1.79. The molecule has 0 saturated carbocycles. The highest BCUT2D eigenvalue weighted by Gasteiger charge is 2.07. The summed E-state index contributed by atoms with van der Waals surface area (Å²) in [5.41, 5.74) is 1.62. The number of rotatable bonds is 5. The molecule has 0 fully saturated rings. The maximum Gasteiger partial charge on any atom is 0.251 e. The van der Waals surface area contributed by atoms with E-state index in [9.17, 15) is 9.90 Å². The van der Waals surface area contributed by atoms with E-state index in [-0.39, 0.29) is 11.7 Å². The number of carbonyl (C=O) groups is 1. The van der Waals surface area contributed by atoms with Crippen molar-refractivity contribution in [3.8, 4) is 5.75 Å². The highest BCUT2D eigenvalue weighted by molar-refractivity contribution is 6.42. The van der Waals surface area contributed by atoms with E-state index in [1.165, 1.54) is 0 Å². The van der Waals surface area contributed by atoms with Gasteiger partial charge in [0.1, 0.15) is 5.75 Å². The standard InChI is InChI=1S/C16H15Cl2NO2/c17-14-8-5-12(10-15(14)18)16(21)19-9-1-2-11-3-6-13(20)7-4-11/h3-8,10,20H,1-2,9H2,(H,19,21). The van der Waals surface area contributed by atoms with E-state index in [1.54, 1.807) is 30.3 Å². The number of aromatic hydroxyl groups is 1. The number of aryl methyl sites for hydroxylation is 1. The number of hydrogen-bond donors (Lipinski definition) is 2. The van der Waals surface area contributed by atoms with Gasteiger partial charge >= 0.3 is 0 Å². The third kappa shape index (κ3) is 4.66. The molecule has 0 radical (unpaired) electrons. The first-order chi connectivity index (χ1) is 10.1. The first-order valence-electron chi connectivity index (χ1n) is 6.57. The van der Waals surface area contributed by atoms with E-state index in [2.05, 4.69) is 5.32 Å². The fraction of sp³-hybridized carbons (Fsp3) is 0.188. The van der Waals surface area contributed by atoms with Crippen LogP contribution in [0.25, 0.3) is 0 Å². The van der Waals surface area contributed by atoms with Crippen LogP contribution < -0.4 is 5.32 Å². The van der Waals surface area contributed by atoms with Gasteiger partial charge in [-0.2, -0.15) is 0 Å². The van der Waals surface area contributed by atoms with Gasteiger partial charge in [0, 0.05) is 12.1 Å². The fourth-order valence-electron chi connectivity index (χ4n) is 1.90. The van der Waals surface area contributed by atoms with Crippen molar-refractivity contribution < 1.29 is 9.90 Å². The van der Waals surface area contributed by atoms with Crippen molar-refractivity contribution in [2.24, 2.45) is 0 Å². The summed E-state index contributed by atoms with van der Waals surface area (Å²) in [6.45, 7) is 0.569. The number of hydrogen-bond acceptors (Lipinski definition) is 2. The minimum Gasteiger partial charge on any atom is -0.508 e. The van der Waals surface area contributed by atoms with Crippen LogP contribution in [-0.2, 0) is 6.42 Å². The van der Waals surface area contributed by atoms with Crippen molar-refractivity contribution in [2.45, 2.75) is 12.8 Å². The third-order valence-corrected chi connectivity index (χ3v) is 3.78. The van der Waals surface area contributed by atoms with Crippen LogP contribution in [0.1, 0.15) is 22.3 Å². The van der Waals surface area contributed by atoms with Crippen LogP contribution in [-0.4, -0.2) is 17.6 Å². The Morgan fingerprint density at radius 1 is 1.05 bits per heavy atom. The first-order valence-corrected chi connectivity index (χ1v) is 7.33. The summed E-state index contributed by atoms with van der Waals surface area (Å²) in [5.74, 6) is 0.0888. The van der Waals surface area contributed by atoms with Crippen LogP contribution in [0.5, 0.6) is 5.75 Å².